The molecule has 1 aromatic rings. The van der Waals surface area contributed by atoms with Crippen LogP contribution in [0.3, 0.4) is 0 Å². The molecule has 0 amide bonds. The highest BCUT2D eigenvalue weighted by atomic mass is 127. The molecule has 1 aliphatic rings. The van der Waals surface area contributed by atoms with Crippen molar-refractivity contribution in [2.24, 2.45) is 5.41 Å². The Morgan fingerprint density at radius 3 is 2.43 bits per heavy atom. The van der Waals surface area contributed by atoms with Crippen molar-refractivity contribution < 1.29 is 0 Å². The summed E-state index contributed by atoms with van der Waals surface area (Å²) in [6.45, 7) is 6.47. The van der Waals surface area contributed by atoms with Crippen LogP contribution in [0.15, 0.2) is 0 Å². The Hall–Kier alpha value is -0.390. The highest BCUT2D eigenvalue weighted by Crippen LogP contribution is 2.57. The van der Waals surface area contributed by atoms with Gasteiger partial charge in [-0.15, -0.1) is 0 Å². The minimum Gasteiger partial charge on any atom is -0.383 e. The molecule has 4 heteroatoms. The summed E-state index contributed by atoms with van der Waals surface area (Å²) in [6.07, 6.45) is 1.17. The lowest BCUT2D eigenvalue weighted by atomic mass is 10.1. The number of anilines is 1. The summed E-state index contributed by atoms with van der Waals surface area (Å²) in [7, 11) is 0. The number of nitrogen functional groups attached to an aromatic ring is 1. The van der Waals surface area contributed by atoms with Gasteiger partial charge in [-0.05, 0) is 41.4 Å². The number of nitrogens with two attached hydrogens (primary N) is 1. The molecule has 1 unspecified atom stereocenters. The number of hydrogen-bond donors (Lipinski definition) is 1. The average molecular weight is 303 g/mol. The largest absolute Gasteiger partial charge is 0.383 e. The first-order chi connectivity index (χ1) is 6.42. The van der Waals surface area contributed by atoms with Crippen molar-refractivity contribution in [3.63, 3.8) is 0 Å². The quantitative estimate of drug-likeness (QED) is 0.811. The number of halogens is 1. The summed E-state index contributed by atoms with van der Waals surface area (Å²) >= 11 is 2.19. The molecule has 1 atom stereocenters. The zero-order valence-corrected chi connectivity index (χ0v) is 10.8. The molecule has 0 bridgehead atoms. The molecule has 2 N–H and O–H groups in total. The fraction of sp³-hybridized carbons (Fsp3) is 0.600. The number of nitrogens with zero attached hydrogens (tertiary/aromatic N) is 2. The second kappa shape index (κ2) is 3.05. The number of aryl methyl sites for hydroxylation is 1. The summed E-state index contributed by atoms with van der Waals surface area (Å²) in [6, 6.07) is 0. The lowest BCUT2D eigenvalue weighted by Gasteiger charge is -2.06. The normalized spacial score (nSPS) is 23.6. The topological polar surface area (TPSA) is 51.8 Å². The lowest BCUT2D eigenvalue weighted by Crippen LogP contribution is -2.05. The van der Waals surface area contributed by atoms with Gasteiger partial charge in [0.2, 0.25) is 0 Å². The van der Waals surface area contributed by atoms with Crippen molar-refractivity contribution in [2.75, 3.05) is 5.73 Å². The van der Waals surface area contributed by atoms with Gasteiger partial charge in [-0.25, -0.2) is 9.97 Å². The molecule has 0 saturated heterocycles. The molecule has 1 saturated carbocycles. The van der Waals surface area contributed by atoms with E-state index >= 15 is 0 Å². The summed E-state index contributed by atoms with van der Waals surface area (Å²) < 4.78 is 0.977. The molecule has 14 heavy (non-hydrogen) atoms. The highest BCUT2D eigenvalue weighted by molar-refractivity contribution is 14.1. The predicted octanol–water partition coefficient (Wildman–Crippen LogP) is 2.49. The summed E-state index contributed by atoms with van der Waals surface area (Å²) in [5, 5.41) is 0. The van der Waals surface area contributed by atoms with E-state index in [1.165, 1.54) is 6.42 Å². The molecule has 1 fully saturated rings. The molecule has 0 aliphatic heterocycles. The van der Waals surface area contributed by atoms with Crippen LogP contribution in [-0.2, 0) is 0 Å². The number of aromatic nitrogens is 2. The van der Waals surface area contributed by atoms with Gasteiger partial charge in [0.05, 0.1) is 9.26 Å². The molecule has 0 spiro atoms. The number of hydrogen-bond acceptors (Lipinski definition) is 3. The molecule has 1 heterocycles. The summed E-state index contributed by atoms with van der Waals surface area (Å²) in [4.78, 5) is 8.84. The maximum absolute atomic E-state index is 5.82. The van der Waals surface area contributed by atoms with E-state index in [0.717, 1.165) is 15.1 Å². The van der Waals surface area contributed by atoms with E-state index < -0.39 is 0 Å². The molecular formula is C10H14IN3. The monoisotopic (exact) mass is 303 g/mol. The van der Waals surface area contributed by atoms with Crippen molar-refractivity contribution in [1.82, 2.24) is 9.97 Å². The van der Waals surface area contributed by atoms with Crippen LogP contribution in [-0.4, -0.2) is 9.97 Å². The average Bonchev–Trinajstić information content (AvgIpc) is 2.70. The van der Waals surface area contributed by atoms with Crippen LogP contribution in [0, 0.1) is 15.9 Å². The van der Waals surface area contributed by atoms with Crippen LogP contribution in [0.2, 0.25) is 0 Å². The van der Waals surface area contributed by atoms with E-state index in [9.17, 15) is 0 Å². The molecule has 1 aliphatic carbocycles. The van der Waals surface area contributed by atoms with E-state index in [1.54, 1.807) is 0 Å². The van der Waals surface area contributed by atoms with Gasteiger partial charge in [-0.2, -0.15) is 0 Å². The van der Waals surface area contributed by atoms with Crippen molar-refractivity contribution in [3.8, 4) is 0 Å². The maximum Gasteiger partial charge on any atom is 0.140 e. The Morgan fingerprint density at radius 1 is 1.43 bits per heavy atom. The molecule has 3 nitrogen and oxygen atoms in total. The van der Waals surface area contributed by atoms with Gasteiger partial charge in [-0.3, -0.25) is 0 Å². The van der Waals surface area contributed by atoms with Gasteiger partial charge in [0.1, 0.15) is 11.6 Å². The second-order valence-electron chi connectivity index (χ2n) is 4.61. The van der Waals surface area contributed by atoms with E-state index in [0.29, 0.717) is 17.2 Å². The predicted molar refractivity (Wildman–Crippen MR) is 65.0 cm³/mol. The van der Waals surface area contributed by atoms with Crippen molar-refractivity contribution in [2.45, 2.75) is 33.1 Å². The lowest BCUT2D eigenvalue weighted by molar-refractivity contribution is 0.607. The third-order valence-corrected chi connectivity index (χ3v) is 4.22. The Morgan fingerprint density at radius 2 is 2.00 bits per heavy atom. The second-order valence-corrected chi connectivity index (χ2v) is 5.69. The Bertz CT molecular complexity index is 364. The van der Waals surface area contributed by atoms with E-state index in [2.05, 4.69) is 46.4 Å². The van der Waals surface area contributed by atoms with Gasteiger partial charge in [-0.1, -0.05) is 13.8 Å². The number of rotatable bonds is 1. The minimum absolute atomic E-state index is 0.367. The van der Waals surface area contributed by atoms with E-state index in [1.807, 2.05) is 6.92 Å². The zero-order chi connectivity index (χ0) is 10.5. The first kappa shape index (κ1) is 10.1. The summed E-state index contributed by atoms with van der Waals surface area (Å²) in [5.41, 5.74) is 7.18. The minimum atomic E-state index is 0.367. The molecule has 2 rings (SSSR count). The molecule has 0 aromatic carbocycles. The third kappa shape index (κ3) is 1.60. The van der Waals surface area contributed by atoms with Crippen molar-refractivity contribution in [1.29, 1.82) is 0 Å². The maximum atomic E-state index is 5.82. The standard InChI is InChI=1S/C10H14IN3/c1-5-7(11)8(12)14-9(13-5)6-4-10(6,2)3/h6H,4H2,1-3H3,(H2,12,13,14). The Balaban J connectivity index is 2.38. The van der Waals surface area contributed by atoms with Gasteiger partial charge in [0, 0.05) is 5.92 Å². The van der Waals surface area contributed by atoms with Gasteiger partial charge in [0.15, 0.2) is 0 Å². The first-order valence-electron chi connectivity index (χ1n) is 4.71. The van der Waals surface area contributed by atoms with Gasteiger partial charge < -0.3 is 5.73 Å². The fourth-order valence-electron chi connectivity index (χ4n) is 1.67. The smallest absolute Gasteiger partial charge is 0.140 e. The highest BCUT2D eigenvalue weighted by Gasteiger charge is 2.48. The van der Waals surface area contributed by atoms with Crippen molar-refractivity contribution >= 4 is 28.4 Å². The van der Waals surface area contributed by atoms with Crippen molar-refractivity contribution in [3.05, 3.63) is 15.1 Å². The van der Waals surface area contributed by atoms with E-state index in [-0.39, 0.29) is 0 Å². The Kier molecular flexibility index (Phi) is 2.21. The SMILES string of the molecule is Cc1nc(C2CC2(C)C)nc(N)c1I. The summed E-state index contributed by atoms with van der Waals surface area (Å²) in [5.74, 6) is 2.04. The van der Waals surface area contributed by atoms with Crippen LogP contribution >= 0.6 is 22.6 Å². The molecule has 1 aromatic heterocycles. The van der Waals surface area contributed by atoms with Gasteiger partial charge >= 0.3 is 0 Å². The molecule has 76 valence electrons. The van der Waals surface area contributed by atoms with Crippen LogP contribution in [0.25, 0.3) is 0 Å². The zero-order valence-electron chi connectivity index (χ0n) is 8.63. The Labute approximate surface area is 97.7 Å². The third-order valence-electron chi connectivity index (χ3n) is 2.88. The molecule has 0 radical (unpaired) electrons. The van der Waals surface area contributed by atoms with E-state index in [4.69, 9.17) is 5.73 Å². The van der Waals surface area contributed by atoms with Crippen LogP contribution in [0.4, 0.5) is 5.82 Å². The van der Waals surface area contributed by atoms with Crippen LogP contribution in [0.1, 0.15) is 37.7 Å². The fourth-order valence-corrected chi connectivity index (χ4v) is 1.91. The van der Waals surface area contributed by atoms with Gasteiger partial charge in [0.25, 0.3) is 0 Å². The molecular weight excluding hydrogens is 289 g/mol. The first-order valence-corrected chi connectivity index (χ1v) is 5.79. The van der Waals surface area contributed by atoms with Crippen LogP contribution in [0.5, 0.6) is 0 Å². The van der Waals surface area contributed by atoms with Crippen LogP contribution < -0.4 is 5.73 Å².